The van der Waals surface area contributed by atoms with Crippen molar-refractivity contribution in [2.24, 2.45) is 0 Å². The van der Waals surface area contributed by atoms with Crippen LogP contribution in [0, 0.1) is 0 Å². The maximum atomic E-state index is 6.47. The van der Waals surface area contributed by atoms with E-state index in [0.717, 1.165) is 33.0 Å². The van der Waals surface area contributed by atoms with Crippen LogP contribution in [0.3, 0.4) is 0 Å². The van der Waals surface area contributed by atoms with E-state index >= 15 is 0 Å². The Morgan fingerprint density at radius 1 is 0.556 bits per heavy atom. The second kappa shape index (κ2) is 6.37. The molecular formula is C32H17N3O. The summed E-state index contributed by atoms with van der Waals surface area (Å²) in [6.45, 7) is 0. The Hall–Kier alpha value is -4.96. The maximum Gasteiger partial charge on any atom is 0.234 e. The molecule has 3 heterocycles. The zero-order chi connectivity index (χ0) is 23.4. The van der Waals surface area contributed by atoms with Crippen LogP contribution >= 0.6 is 0 Å². The van der Waals surface area contributed by atoms with Gasteiger partial charge in [0.25, 0.3) is 0 Å². The summed E-state index contributed by atoms with van der Waals surface area (Å²) >= 11 is 0. The molecule has 1 aliphatic carbocycles. The van der Waals surface area contributed by atoms with Gasteiger partial charge >= 0.3 is 0 Å². The molecule has 36 heavy (non-hydrogen) atoms. The lowest BCUT2D eigenvalue weighted by atomic mass is 9.91. The van der Waals surface area contributed by atoms with E-state index in [4.69, 9.17) is 4.42 Å². The summed E-state index contributed by atoms with van der Waals surface area (Å²) in [5, 5.41) is 7.25. The number of hydrogen-bond donors (Lipinski definition) is 0. The van der Waals surface area contributed by atoms with E-state index in [-0.39, 0.29) is 0 Å². The highest BCUT2D eigenvalue weighted by atomic mass is 16.3. The van der Waals surface area contributed by atoms with Crippen LogP contribution in [0.15, 0.2) is 108 Å². The highest BCUT2D eigenvalue weighted by molar-refractivity contribution is 6.35. The summed E-state index contributed by atoms with van der Waals surface area (Å²) < 4.78 is 8.66. The molecule has 0 amide bonds. The fraction of sp³-hybridized carbons (Fsp3) is 0. The Bertz CT molecular complexity index is 2200. The lowest BCUT2D eigenvalue weighted by Crippen LogP contribution is -2.00. The van der Waals surface area contributed by atoms with Crippen LogP contribution in [-0.4, -0.2) is 14.5 Å². The zero-order valence-corrected chi connectivity index (χ0v) is 19.1. The van der Waals surface area contributed by atoms with Crippen LogP contribution in [0.5, 0.6) is 0 Å². The van der Waals surface area contributed by atoms with Gasteiger partial charge in [-0.1, -0.05) is 66.7 Å². The summed E-state index contributed by atoms with van der Waals surface area (Å²) in [5.74, 6) is 0.657. The highest BCUT2D eigenvalue weighted by Crippen LogP contribution is 2.52. The van der Waals surface area contributed by atoms with E-state index in [1.165, 1.54) is 43.8 Å². The number of nitrogens with zero attached hydrogens (tertiary/aromatic N) is 3. The Labute approximate surface area is 205 Å². The summed E-state index contributed by atoms with van der Waals surface area (Å²) in [4.78, 5) is 9.32. The average molecular weight is 460 g/mol. The molecule has 0 saturated heterocycles. The lowest BCUT2D eigenvalue weighted by molar-refractivity contribution is 0.669. The molecule has 0 bridgehead atoms. The molecule has 166 valence electrons. The van der Waals surface area contributed by atoms with Crippen molar-refractivity contribution in [1.82, 2.24) is 14.5 Å². The van der Waals surface area contributed by atoms with E-state index < -0.39 is 0 Å². The molecule has 0 unspecified atom stereocenters. The molecule has 4 heteroatoms. The molecule has 0 aliphatic heterocycles. The average Bonchev–Trinajstić information content (AvgIpc) is 3.43. The van der Waals surface area contributed by atoms with Crippen molar-refractivity contribution in [2.45, 2.75) is 0 Å². The molecule has 0 radical (unpaired) electrons. The summed E-state index contributed by atoms with van der Waals surface area (Å²) in [6, 6.07) is 32.2. The van der Waals surface area contributed by atoms with Gasteiger partial charge in [-0.25, -0.2) is 9.97 Å². The van der Waals surface area contributed by atoms with E-state index in [1.807, 2.05) is 12.1 Å². The third-order valence-electron chi connectivity index (χ3n) is 7.64. The summed E-state index contributed by atoms with van der Waals surface area (Å²) in [5.41, 5.74) is 8.84. The quantitative estimate of drug-likeness (QED) is 0.248. The van der Waals surface area contributed by atoms with Crippen LogP contribution < -0.4 is 0 Å². The van der Waals surface area contributed by atoms with Gasteiger partial charge in [-0.15, -0.1) is 0 Å². The Kier molecular flexibility index (Phi) is 3.25. The van der Waals surface area contributed by atoms with Crippen molar-refractivity contribution in [3.8, 4) is 28.2 Å². The number of rotatable bonds is 1. The number of benzene rings is 5. The van der Waals surface area contributed by atoms with Crippen molar-refractivity contribution >= 4 is 54.5 Å². The van der Waals surface area contributed by atoms with Gasteiger partial charge in [-0.3, -0.25) is 4.57 Å². The number of hydrogen-bond acceptors (Lipinski definition) is 3. The minimum atomic E-state index is 0.657. The minimum absolute atomic E-state index is 0.657. The normalized spacial score (nSPS) is 12.4. The molecular weight excluding hydrogens is 442 g/mol. The van der Waals surface area contributed by atoms with Crippen LogP contribution in [0.25, 0.3) is 82.7 Å². The largest absolute Gasteiger partial charge is 0.456 e. The molecule has 8 aromatic rings. The molecule has 3 aromatic heterocycles. The maximum absolute atomic E-state index is 6.47. The minimum Gasteiger partial charge on any atom is -0.456 e. The van der Waals surface area contributed by atoms with Crippen LogP contribution in [0.4, 0.5) is 0 Å². The topological polar surface area (TPSA) is 43.9 Å². The van der Waals surface area contributed by atoms with Gasteiger partial charge in [-0.2, -0.15) is 0 Å². The van der Waals surface area contributed by atoms with Gasteiger partial charge < -0.3 is 4.42 Å². The van der Waals surface area contributed by atoms with E-state index in [0.29, 0.717) is 5.95 Å². The molecule has 5 aromatic carbocycles. The second-order valence-corrected chi connectivity index (χ2v) is 9.41. The van der Waals surface area contributed by atoms with Crippen LogP contribution in [0.2, 0.25) is 0 Å². The lowest BCUT2D eigenvalue weighted by Gasteiger charge is -2.13. The third kappa shape index (κ3) is 2.11. The monoisotopic (exact) mass is 459 g/mol. The summed E-state index contributed by atoms with van der Waals surface area (Å²) in [6.07, 6.45) is 3.60. The highest BCUT2D eigenvalue weighted by Gasteiger charge is 2.28. The van der Waals surface area contributed by atoms with Crippen LogP contribution in [0.1, 0.15) is 0 Å². The fourth-order valence-corrected chi connectivity index (χ4v) is 6.29. The molecule has 4 nitrogen and oxygen atoms in total. The second-order valence-electron chi connectivity index (χ2n) is 9.41. The van der Waals surface area contributed by atoms with Gasteiger partial charge in [0.1, 0.15) is 11.2 Å². The van der Waals surface area contributed by atoms with Gasteiger partial charge in [0.2, 0.25) is 5.95 Å². The Morgan fingerprint density at radius 3 is 2.28 bits per heavy atom. The van der Waals surface area contributed by atoms with E-state index in [1.54, 1.807) is 12.4 Å². The molecule has 1 aliphatic rings. The molecule has 9 rings (SSSR count). The molecule has 0 fully saturated rings. The predicted molar refractivity (Wildman–Crippen MR) is 146 cm³/mol. The standard InChI is InChI=1S/C32H17N3O/c1-2-9-21-19(8-1)20-11-5-7-18-13-14-23-30(27(18)20)31-24(35(23)32-33-15-6-16-34-32)17-26-28(29(21)31)22-10-3-4-12-25(22)36-26/h1-17H. The van der Waals surface area contributed by atoms with Gasteiger partial charge in [0.05, 0.1) is 11.0 Å². The number of furan rings is 1. The van der Waals surface area contributed by atoms with Crippen molar-refractivity contribution in [3.05, 3.63) is 103 Å². The van der Waals surface area contributed by atoms with Crippen molar-refractivity contribution < 1.29 is 4.42 Å². The van der Waals surface area contributed by atoms with Crippen LogP contribution in [-0.2, 0) is 0 Å². The first-order valence-corrected chi connectivity index (χ1v) is 12.1. The number of fused-ring (bicyclic) bond motifs is 7. The fourth-order valence-electron chi connectivity index (χ4n) is 6.29. The molecule has 0 atom stereocenters. The Balaban J connectivity index is 1.68. The smallest absolute Gasteiger partial charge is 0.234 e. The van der Waals surface area contributed by atoms with Gasteiger partial charge in [0.15, 0.2) is 0 Å². The van der Waals surface area contributed by atoms with E-state index in [9.17, 15) is 0 Å². The van der Waals surface area contributed by atoms with Crippen molar-refractivity contribution in [2.75, 3.05) is 0 Å². The molecule has 0 spiro atoms. The van der Waals surface area contributed by atoms with Crippen molar-refractivity contribution in [3.63, 3.8) is 0 Å². The van der Waals surface area contributed by atoms with Gasteiger partial charge in [-0.05, 0) is 45.7 Å². The van der Waals surface area contributed by atoms with E-state index in [2.05, 4.69) is 93.4 Å². The zero-order valence-electron chi connectivity index (χ0n) is 19.1. The Morgan fingerprint density at radius 2 is 1.36 bits per heavy atom. The van der Waals surface area contributed by atoms with Gasteiger partial charge in [0, 0.05) is 45.6 Å². The number of aromatic nitrogens is 3. The first kappa shape index (κ1) is 18.4. The SMILES string of the molecule is c1cnc(-n2c3cc4oc5ccccc5c4c4c3c3c5c(cccc5ccc32)-c2ccccc2-4)nc1. The molecule has 0 saturated carbocycles. The predicted octanol–water partition coefficient (Wildman–Crippen LogP) is 8.27. The summed E-state index contributed by atoms with van der Waals surface area (Å²) in [7, 11) is 0. The first-order chi connectivity index (χ1) is 17.9. The first-order valence-electron chi connectivity index (χ1n) is 12.1. The molecule has 0 N–H and O–H groups in total. The van der Waals surface area contributed by atoms with Crippen molar-refractivity contribution in [1.29, 1.82) is 0 Å². The number of para-hydroxylation sites is 1. The third-order valence-corrected chi connectivity index (χ3v) is 7.64.